The van der Waals surface area contributed by atoms with Gasteiger partial charge in [0.2, 0.25) is 0 Å². The van der Waals surface area contributed by atoms with E-state index in [9.17, 15) is 8.42 Å². The van der Waals surface area contributed by atoms with Gasteiger partial charge in [-0.3, -0.25) is 0 Å². The topological polar surface area (TPSA) is 75.2 Å². The molecule has 21 heavy (non-hydrogen) atoms. The highest BCUT2D eigenvalue weighted by atomic mass is 32.2. The van der Waals surface area contributed by atoms with Crippen LogP contribution in [0.25, 0.3) is 0 Å². The van der Waals surface area contributed by atoms with Gasteiger partial charge in [0.15, 0.2) is 0 Å². The largest absolute Gasteiger partial charge is 0.370 e. The number of aromatic nitrogens is 2. The van der Waals surface area contributed by atoms with Crippen molar-refractivity contribution in [2.75, 3.05) is 42.4 Å². The van der Waals surface area contributed by atoms with Crippen molar-refractivity contribution in [2.24, 2.45) is 0 Å². The Hall–Kier alpha value is -1.37. The van der Waals surface area contributed by atoms with Gasteiger partial charge in [-0.1, -0.05) is 6.92 Å². The first-order valence-electron chi connectivity index (χ1n) is 7.40. The van der Waals surface area contributed by atoms with Crippen LogP contribution in [0.4, 0.5) is 11.6 Å². The Labute approximate surface area is 126 Å². The fourth-order valence-electron chi connectivity index (χ4n) is 1.93. The number of hydrogen-bond donors (Lipinski definition) is 1. The smallest absolute Gasteiger partial charge is 0.149 e. The molecule has 1 heterocycles. The van der Waals surface area contributed by atoms with E-state index in [0.29, 0.717) is 12.5 Å². The molecule has 1 fully saturated rings. The minimum atomic E-state index is -2.97. The minimum absolute atomic E-state index is 0.129. The normalized spacial score (nSPS) is 15.0. The van der Waals surface area contributed by atoms with E-state index >= 15 is 0 Å². The quantitative estimate of drug-likeness (QED) is 0.787. The van der Waals surface area contributed by atoms with Gasteiger partial charge in [0.05, 0.1) is 5.75 Å². The molecule has 0 spiro atoms. The first-order valence-corrected chi connectivity index (χ1v) is 9.47. The standard InChI is InChI=1S/C14H24N4O2S/c1-4-7-15-12-10-13(17-14(16-12)11-5-6-11)18(2)8-9-21(3,19)20/h10-11H,4-9H2,1-3H3,(H,15,16,17). The maximum atomic E-state index is 11.3. The molecule has 0 unspecified atom stereocenters. The van der Waals surface area contributed by atoms with Crippen LogP contribution in [-0.2, 0) is 9.84 Å². The molecule has 118 valence electrons. The molecule has 1 aromatic rings. The molecule has 0 saturated heterocycles. The fourth-order valence-corrected chi connectivity index (χ4v) is 2.54. The molecular formula is C14H24N4O2S. The number of anilines is 2. The van der Waals surface area contributed by atoms with Crippen molar-refractivity contribution in [2.45, 2.75) is 32.1 Å². The highest BCUT2D eigenvalue weighted by Gasteiger charge is 2.27. The lowest BCUT2D eigenvalue weighted by Crippen LogP contribution is -2.26. The van der Waals surface area contributed by atoms with Crippen molar-refractivity contribution in [1.29, 1.82) is 0 Å². The van der Waals surface area contributed by atoms with E-state index in [4.69, 9.17) is 0 Å². The molecule has 1 aliphatic rings. The second-order valence-corrected chi connectivity index (χ2v) is 7.98. The summed E-state index contributed by atoms with van der Waals surface area (Å²) in [5.74, 6) is 3.08. The second-order valence-electron chi connectivity index (χ2n) is 5.72. The summed E-state index contributed by atoms with van der Waals surface area (Å²) < 4.78 is 22.6. The number of nitrogens with one attached hydrogen (secondary N) is 1. The molecule has 0 aliphatic heterocycles. The molecule has 2 rings (SSSR count). The lowest BCUT2D eigenvalue weighted by Gasteiger charge is -2.19. The average Bonchev–Trinajstić information content (AvgIpc) is 3.26. The number of hydrogen-bond acceptors (Lipinski definition) is 6. The van der Waals surface area contributed by atoms with Crippen molar-refractivity contribution in [3.8, 4) is 0 Å². The molecular weight excluding hydrogens is 288 g/mol. The lowest BCUT2D eigenvalue weighted by molar-refractivity contribution is 0.601. The van der Waals surface area contributed by atoms with E-state index in [0.717, 1.165) is 43.3 Å². The zero-order valence-corrected chi connectivity index (χ0v) is 13.8. The van der Waals surface area contributed by atoms with Gasteiger partial charge in [-0.15, -0.1) is 0 Å². The summed E-state index contributed by atoms with van der Waals surface area (Å²) in [5.41, 5.74) is 0. The Kier molecular flexibility index (Phi) is 5.03. The molecule has 0 atom stereocenters. The van der Waals surface area contributed by atoms with Crippen LogP contribution >= 0.6 is 0 Å². The van der Waals surface area contributed by atoms with Gasteiger partial charge in [0, 0.05) is 38.4 Å². The number of sulfone groups is 1. The molecule has 6 nitrogen and oxygen atoms in total. The molecule has 1 N–H and O–H groups in total. The van der Waals surface area contributed by atoms with Crippen LogP contribution in [0.3, 0.4) is 0 Å². The first-order chi connectivity index (χ1) is 9.89. The number of rotatable bonds is 8. The van der Waals surface area contributed by atoms with E-state index in [2.05, 4.69) is 22.2 Å². The number of nitrogens with zero attached hydrogens (tertiary/aromatic N) is 3. The third-order valence-electron chi connectivity index (χ3n) is 3.42. The van der Waals surface area contributed by atoms with E-state index in [1.54, 1.807) is 0 Å². The monoisotopic (exact) mass is 312 g/mol. The molecule has 1 saturated carbocycles. The third kappa shape index (κ3) is 5.15. The zero-order chi connectivity index (χ0) is 15.5. The zero-order valence-electron chi connectivity index (χ0n) is 13.0. The summed E-state index contributed by atoms with van der Waals surface area (Å²) in [6.45, 7) is 3.41. The van der Waals surface area contributed by atoms with Crippen molar-refractivity contribution < 1.29 is 8.42 Å². The Balaban J connectivity index is 2.14. The maximum absolute atomic E-state index is 11.3. The summed E-state index contributed by atoms with van der Waals surface area (Å²) in [7, 11) is -1.10. The molecule has 0 radical (unpaired) electrons. The van der Waals surface area contributed by atoms with Gasteiger partial charge in [0.1, 0.15) is 27.3 Å². The Morgan fingerprint density at radius 2 is 2.10 bits per heavy atom. The second kappa shape index (κ2) is 6.60. The first kappa shape index (κ1) is 16.0. The van der Waals surface area contributed by atoms with Gasteiger partial charge in [-0.05, 0) is 19.3 Å². The average molecular weight is 312 g/mol. The summed E-state index contributed by atoms with van der Waals surface area (Å²) in [6.07, 6.45) is 4.57. The van der Waals surface area contributed by atoms with E-state index in [-0.39, 0.29) is 5.75 Å². The van der Waals surface area contributed by atoms with Crippen molar-refractivity contribution in [3.05, 3.63) is 11.9 Å². The lowest BCUT2D eigenvalue weighted by atomic mass is 10.3. The molecule has 0 amide bonds. The molecule has 7 heteroatoms. The third-order valence-corrected chi connectivity index (χ3v) is 4.34. The highest BCUT2D eigenvalue weighted by molar-refractivity contribution is 7.90. The van der Waals surface area contributed by atoms with Crippen LogP contribution in [0, 0.1) is 0 Å². The van der Waals surface area contributed by atoms with Crippen LogP contribution in [0.2, 0.25) is 0 Å². The van der Waals surface area contributed by atoms with Gasteiger partial charge >= 0.3 is 0 Å². The molecule has 0 bridgehead atoms. The van der Waals surface area contributed by atoms with Gasteiger partial charge in [-0.25, -0.2) is 18.4 Å². The van der Waals surface area contributed by atoms with Crippen LogP contribution in [0.1, 0.15) is 37.9 Å². The molecule has 0 aromatic carbocycles. The predicted octanol–water partition coefficient (Wildman–Crippen LogP) is 1.66. The van der Waals surface area contributed by atoms with Crippen LogP contribution in [0.15, 0.2) is 6.07 Å². The Bertz CT molecular complexity index is 585. The van der Waals surface area contributed by atoms with Gasteiger partial charge in [-0.2, -0.15) is 0 Å². The van der Waals surface area contributed by atoms with Crippen LogP contribution in [-0.4, -0.2) is 50.5 Å². The maximum Gasteiger partial charge on any atom is 0.149 e. The summed E-state index contributed by atoms with van der Waals surface area (Å²) >= 11 is 0. The fraction of sp³-hybridized carbons (Fsp3) is 0.714. The summed E-state index contributed by atoms with van der Waals surface area (Å²) in [4.78, 5) is 11.0. The van der Waals surface area contributed by atoms with E-state index < -0.39 is 9.84 Å². The predicted molar refractivity (Wildman–Crippen MR) is 85.8 cm³/mol. The Morgan fingerprint density at radius 3 is 2.67 bits per heavy atom. The molecule has 1 aromatic heterocycles. The van der Waals surface area contributed by atoms with Crippen molar-refractivity contribution >= 4 is 21.5 Å². The molecule has 1 aliphatic carbocycles. The summed E-state index contributed by atoms with van der Waals surface area (Å²) in [5, 5.41) is 3.29. The highest BCUT2D eigenvalue weighted by Crippen LogP contribution is 2.39. The van der Waals surface area contributed by atoms with Gasteiger partial charge in [0.25, 0.3) is 0 Å². The summed E-state index contributed by atoms with van der Waals surface area (Å²) in [6, 6.07) is 1.89. The van der Waals surface area contributed by atoms with E-state index in [1.807, 2.05) is 18.0 Å². The van der Waals surface area contributed by atoms with Crippen molar-refractivity contribution in [1.82, 2.24) is 9.97 Å². The van der Waals surface area contributed by atoms with Gasteiger partial charge < -0.3 is 10.2 Å². The van der Waals surface area contributed by atoms with Crippen LogP contribution in [0.5, 0.6) is 0 Å². The minimum Gasteiger partial charge on any atom is -0.370 e. The Morgan fingerprint density at radius 1 is 1.38 bits per heavy atom. The van der Waals surface area contributed by atoms with Crippen molar-refractivity contribution in [3.63, 3.8) is 0 Å². The SMILES string of the molecule is CCCNc1cc(N(C)CCS(C)(=O)=O)nc(C2CC2)n1. The van der Waals surface area contributed by atoms with Crippen LogP contribution < -0.4 is 10.2 Å². The van der Waals surface area contributed by atoms with E-state index in [1.165, 1.54) is 6.26 Å².